The minimum atomic E-state index is -0.0836. The van der Waals surface area contributed by atoms with E-state index in [-0.39, 0.29) is 5.91 Å². The molecule has 3 aromatic rings. The molecule has 2 aromatic heterocycles. The Morgan fingerprint density at radius 2 is 2.11 bits per heavy atom. The van der Waals surface area contributed by atoms with Gasteiger partial charge in [-0.3, -0.25) is 9.48 Å². The quantitative estimate of drug-likeness (QED) is 0.662. The van der Waals surface area contributed by atoms with Gasteiger partial charge in [-0.05, 0) is 30.7 Å². The lowest BCUT2D eigenvalue weighted by Crippen LogP contribution is -2.32. The normalized spacial score (nSPS) is 12.2. The molecule has 1 amide bonds. The number of aromatic nitrogens is 2. The molecule has 27 heavy (non-hydrogen) atoms. The monoisotopic (exact) mass is 365 g/mol. The van der Waals surface area contributed by atoms with Gasteiger partial charge in [0.1, 0.15) is 18.1 Å². The van der Waals surface area contributed by atoms with Crippen LogP contribution in [0.15, 0.2) is 47.1 Å². The summed E-state index contributed by atoms with van der Waals surface area (Å²) in [5.74, 6) is 1.51. The van der Waals surface area contributed by atoms with Gasteiger partial charge in [-0.25, -0.2) is 0 Å². The van der Waals surface area contributed by atoms with Gasteiger partial charge in [0.2, 0.25) is 0 Å². The third kappa shape index (κ3) is 3.23. The number of rotatable bonds is 6. The maximum atomic E-state index is 13.3. The SMILES string of the molecule is CCCCN(Cc1ccco1)C(=O)c1nn(C)c2c1COc1ccccc1-2. The van der Waals surface area contributed by atoms with Crippen LogP contribution < -0.4 is 4.74 Å². The Balaban J connectivity index is 1.69. The number of carbonyl (C=O) groups excluding carboxylic acids is 1. The number of fused-ring (bicyclic) bond motifs is 3. The van der Waals surface area contributed by atoms with Gasteiger partial charge in [0.05, 0.1) is 18.5 Å². The van der Waals surface area contributed by atoms with Crippen LogP contribution in [0.2, 0.25) is 0 Å². The zero-order chi connectivity index (χ0) is 18.8. The van der Waals surface area contributed by atoms with E-state index in [4.69, 9.17) is 9.15 Å². The van der Waals surface area contributed by atoms with Gasteiger partial charge in [0, 0.05) is 24.7 Å². The van der Waals surface area contributed by atoms with Crippen LogP contribution in [0.1, 0.15) is 41.6 Å². The number of carbonyl (C=O) groups is 1. The summed E-state index contributed by atoms with van der Waals surface area (Å²) in [6.07, 6.45) is 3.57. The van der Waals surface area contributed by atoms with E-state index >= 15 is 0 Å². The molecule has 0 bridgehead atoms. The lowest BCUT2D eigenvalue weighted by atomic mass is 10.0. The summed E-state index contributed by atoms with van der Waals surface area (Å²) < 4.78 is 13.1. The van der Waals surface area contributed by atoms with Crippen molar-refractivity contribution in [2.75, 3.05) is 6.54 Å². The van der Waals surface area contributed by atoms with Crippen LogP contribution >= 0.6 is 0 Å². The van der Waals surface area contributed by atoms with Gasteiger partial charge in [-0.15, -0.1) is 0 Å². The highest BCUT2D eigenvalue weighted by atomic mass is 16.5. The van der Waals surface area contributed by atoms with Crippen LogP contribution in [-0.2, 0) is 20.2 Å². The molecule has 1 aliphatic rings. The van der Waals surface area contributed by atoms with E-state index in [2.05, 4.69) is 12.0 Å². The molecule has 0 fully saturated rings. The molecule has 0 radical (unpaired) electrons. The van der Waals surface area contributed by atoms with Gasteiger partial charge in [-0.2, -0.15) is 5.10 Å². The second kappa shape index (κ2) is 7.31. The zero-order valence-electron chi connectivity index (χ0n) is 15.6. The van der Waals surface area contributed by atoms with Crippen molar-refractivity contribution in [2.45, 2.75) is 32.9 Å². The lowest BCUT2D eigenvalue weighted by molar-refractivity contribution is 0.0719. The van der Waals surface area contributed by atoms with Crippen molar-refractivity contribution >= 4 is 5.91 Å². The number of furan rings is 1. The standard InChI is InChI=1S/C21H23N3O3/c1-3-4-11-24(13-15-8-7-12-26-15)21(25)19-17-14-27-18-10-6-5-9-16(18)20(17)23(2)22-19/h5-10,12H,3-4,11,13-14H2,1-2H3. The van der Waals surface area contributed by atoms with E-state index < -0.39 is 0 Å². The Kier molecular flexibility index (Phi) is 4.71. The van der Waals surface area contributed by atoms with Crippen molar-refractivity contribution in [3.8, 4) is 17.0 Å². The van der Waals surface area contributed by atoms with Gasteiger partial charge in [0.25, 0.3) is 5.91 Å². The van der Waals surface area contributed by atoms with Gasteiger partial charge in [-0.1, -0.05) is 25.5 Å². The second-order valence-electron chi connectivity index (χ2n) is 6.74. The predicted molar refractivity (Wildman–Crippen MR) is 101 cm³/mol. The number of nitrogens with zero attached hydrogens (tertiary/aromatic N) is 3. The number of unbranched alkanes of at least 4 members (excludes halogenated alkanes) is 1. The molecule has 0 saturated heterocycles. The highest BCUT2D eigenvalue weighted by Crippen LogP contribution is 2.38. The molecule has 6 nitrogen and oxygen atoms in total. The highest BCUT2D eigenvalue weighted by molar-refractivity contribution is 5.96. The highest BCUT2D eigenvalue weighted by Gasteiger charge is 2.30. The van der Waals surface area contributed by atoms with E-state index in [0.717, 1.165) is 41.2 Å². The first-order valence-corrected chi connectivity index (χ1v) is 9.28. The Bertz CT molecular complexity index is 944. The van der Waals surface area contributed by atoms with Crippen LogP contribution in [0.3, 0.4) is 0 Å². The molecule has 140 valence electrons. The third-order valence-corrected chi connectivity index (χ3v) is 4.86. The van der Waals surface area contributed by atoms with E-state index in [9.17, 15) is 4.79 Å². The largest absolute Gasteiger partial charge is 0.488 e. The molecule has 0 spiro atoms. The molecule has 0 aliphatic carbocycles. The van der Waals surface area contributed by atoms with Crippen LogP contribution in [0.25, 0.3) is 11.3 Å². The smallest absolute Gasteiger partial charge is 0.275 e. The fraction of sp³-hybridized carbons (Fsp3) is 0.333. The Labute approximate surface area is 158 Å². The lowest BCUT2D eigenvalue weighted by Gasteiger charge is -2.22. The first kappa shape index (κ1) is 17.4. The van der Waals surface area contributed by atoms with Gasteiger partial charge >= 0.3 is 0 Å². The van der Waals surface area contributed by atoms with Crippen molar-refractivity contribution in [1.29, 1.82) is 0 Å². The van der Waals surface area contributed by atoms with Crippen molar-refractivity contribution in [2.24, 2.45) is 7.05 Å². The van der Waals surface area contributed by atoms with Gasteiger partial charge in [0.15, 0.2) is 5.69 Å². The molecule has 0 unspecified atom stereocenters. The maximum absolute atomic E-state index is 13.3. The third-order valence-electron chi connectivity index (χ3n) is 4.86. The number of amides is 1. The number of hydrogen-bond donors (Lipinski definition) is 0. The fourth-order valence-electron chi connectivity index (χ4n) is 3.49. The van der Waals surface area contributed by atoms with E-state index in [1.165, 1.54) is 0 Å². The number of para-hydroxylation sites is 1. The molecule has 3 heterocycles. The summed E-state index contributed by atoms with van der Waals surface area (Å²) in [5.41, 5.74) is 3.24. The van der Waals surface area contributed by atoms with Crippen molar-refractivity contribution in [3.05, 3.63) is 59.7 Å². The predicted octanol–water partition coefficient (Wildman–Crippen LogP) is 4.02. The fourth-order valence-corrected chi connectivity index (χ4v) is 3.49. The summed E-state index contributed by atoms with van der Waals surface area (Å²) in [5, 5.41) is 4.56. The molecule has 1 aromatic carbocycles. The van der Waals surface area contributed by atoms with E-state index in [1.54, 1.807) is 10.9 Å². The first-order chi connectivity index (χ1) is 13.2. The summed E-state index contributed by atoms with van der Waals surface area (Å²) in [6, 6.07) is 11.6. The van der Waals surface area contributed by atoms with Crippen molar-refractivity contribution < 1.29 is 13.9 Å². The second-order valence-corrected chi connectivity index (χ2v) is 6.74. The summed E-state index contributed by atoms with van der Waals surface area (Å²) >= 11 is 0. The Hall–Kier alpha value is -3.02. The zero-order valence-corrected chi connectivity index (χ0v) is 15.6. The minimum Gasteiger partial charge on any atom is -0.488 e. The maximum Gasteiger partial charge on any atom is 0.275 e. The summed E-state index contributed by atoms with van der Waals surface area (Å²) in [7, 11) is 1.88. The van der Waals surface area contributed by atoms with E-state index in [0.29, 0.717) is 25.4 Å². The molecule has 4 rings (SSSR count). The minimum absolute atomic E-state index is 0.0836. The Morgan fingerprint density at radius 1 is 1.26 bits per heavy atom. The van der Waals surface area contributed by atoms with E-state index in [1.807, 2.05) is 48.3 Å². The van der Waals surface area contributed by atoms with Crippen LogP contribution in [-0.4, -0.2) is 27.1 Å². The van der Waals surface area contributed by atoms with Crippen LogP contribution in [0.4, 0.5) is 0 Å². The molecule has 0 N–H and O–H groups in total. The van der Waals surface area contributed by atoms with Crippen molar-refractivity contribution in [1.82, 2.24) is 14.7 Å². The number of benzene rings is 1. The molecule has 1 aliphatic heterocycles. The number of ether oxygens (including phenoxy) is 1. The average Bonchev–Trinajstić information content (AvgIpc) is 3.32. The van der Waals surface area contributed by atoms with Crippen LogP contribution in [0.5, 0.6) is 5.75 Å². The molecule has 0 atom stereocenters. The van der Waals surface area contributed by atoms with Crippen molar-refractivity contribution in [3.63, 3.8) is 0 Å². The molecule has 6 heteroatoms. The van der Waals surface area contributed by atoms with Crippen LogP contribution in [0, 0.1) is 0 Å². The topological polar surface area (TPSA) is 60.5 Å². The summed E-state index contributed by atoms with van der Waals surface area (Å²) in [6.45, 7) is 3.57. The number of hydrogen-bond acceptors (Lipinski definition) is 4. The Morgan fingerprint density at radius 3 is 2.89 bits per heavy atom. The molecular formula is C21H23N3O3. The summed E-state index contributed by atoms with van der Waals surface area (Å²) in [4.78, 5) is 15.1. The number of aryl methyl sites for hydroxylation is 1. The van der Waals surface area contributed by atoms with Gasteiger partial charge < -0.3 is 14.1 Å². The average molecular weight is 365 g/mol. The molecular weight excluding hydrogens is 342 g/mol. The first-order valence-electron chi connectivity index (χ1n) is 9.28. The molecule has 0 saturated carbocycles.